The Hall–Kier alpha value is -3.30. The van der Waals surface area contributed by atoms with Gasteiger partial charge < -0.3 is 15.1 Å². The number of phenolic OH excluding ortho intramolecular Hbond substituents is 1. The number of carbonyl (C=O) groups excluding carboxylic acids is 3. The summed E-state index contributed by atoms with van der Waals surface area (Å²) in [5.41, 5.74) is 1.46. The fourth-order valence-corrected chi connectivity index (χ4v) is 4.95. The third-order valence-corrected chi connectivity index (χ3v) is 6.85. The molecule has 1 aromatic carbocycles. The fourth-order valence-electron chi connectivity index (χ4n) is 4.95. The minimum Gasteiger partial charge on any atom is -0.508 e. The summed E-state index contributed by atoms with van der Waals surface area (Å²) < 4.78 is 0. The molecule has 4 heterocycles. The van der Waals surface area contributed by atoms with Crippen molar-refractivity contribution in [3.05, 3.63) is 58.9 Å². The van der Waals surface area contributed by atoms with E-state index in [-0.39, 0.29) is 30.5 Å². The Morgan fingerprint density at radius 2 is 1.91 bits per heavy atom. The number of amides is 3. The van der Waals surface area contributed by atoms with Gasteiger partial charge in [0.05, 0.1) is 23.5 Å². The smallest absolute Gasteiger partial charge is 0.256 e. The number of aromatic nitrogens is 1. The highest BCUT2D eigenvalue weighted by molar-refractivity contribution is 6.05. The van der Waals surface area contributed by atoms with Crippen molar-refractivity contribution in [3.8, 4) is 5.75 Å². The third kappa shape index (κ3) is 4.09. The summed E-state index contributed by atoms with van der Waals surface area (Å²) in [5.74, 6) is -0.806. The zero-order chi connectivity index (χ0) is 23.2. The molecule has 9 nitrogen and oxygen atoms in total. The number of pyridine rings is 1. The fraction of sp³-hybridized carbons (Fsp3) is 0.417. The largest absolute Gasteiger partial charge is 0.508 e. The van der Waals surface area contributed by atoms with Gasteiger partial charge in [-0.25, -0.2) is 0 Å². The normalized spacial score (nSPS) is 22.9. The molecular formula is C24H26N4O5. The number of piperidine rings is 2. The van der Waals surface area contributed by atoms with Crippen LogP contribution in [0.2, 0.25) is 0 Å². The van der Waals surface area contributed by atoms with Crippen LogP contribution < -0.4 is 5.32 Å². The van der Waals surface area contributed by atoms with E-state index in [0.717, 1.165) is 5.56 Å². The molecule has 5 rings (SSSR count). The van der Waals surface area contributed by atoms with E-state index in [0.29, 0.717) is 55.8 Å². The van der Waals surface area contributed by atoms with Crippen LogP contribution in [0.15, 0.2) is 36.4 Å². The van der Waals surface area contributed by atoms with Gasteiger partial charge in [-0.1, -0.05) is 12.1 Å². The van der Waals surface area contributed by atoms with E-state index in [1.165, 1.54) is 4.90 Å². The van der Waals surface area contributed by atoms with Crippen LogP contribution in [-0.2, 0) is 28.3 Å². The predicted molar refractivity (Wildman–Crippen MR) is 117 cm³/mol. The van der Waals surface area contributed by atoms with Crippen LogP contribution >= 0.6 is 0 Å². The van der Waals surface area contributed by atoms with E-state index in [2.05, 4.69) is 15.2 Å². The molecule has 172 valence electrons. The van der Waals surface area contributed by atoms with Gasteiger partial charge in [0, 0.05) is 26.1 Å². The van der Waals surface area contributed by atoms with Gasteiger partial charge in [0.2, 0.25) is 11.8 Å². The maximum atomic E-state index is 12.9. The highest BCUT2D eigenvalue weighted by Gasteiger charge is 2.41. The summed E-state index contributed by atoms with van der Waals surface area (Å²) in [6.45, 7) is 2.23. The third-order valence-electron chi connectivity index (χ3n) is 6.85. The van der Waals surface area contributed by atoms with Gasteiger partial charge >= 0.3 is 0 Å². The number of phenols is 1. The summed E-state index contributed by atoms with van der Waals surface area (Å²) >= 11 is 0. The summed E-state index contributed by atoms with van der Waals surface area (Å²) in [6, 6.07) is 9.88. The second kappa shape index (κ2) is 8.24. The maximum Gasteiger partial charge on any atom is 0.256 e. The number of fused-ring (bicyclic) bond motifs is 1. The SMILES string of the molecule is O=C1CCC(N2Cc3nc(C4(O)CCN(Cc5cccc(O)c5)CC4)ccc3C2=O)C(=O)N1. The topological polar surface area (TPSA) is 123 Å². The van der Waals surface area contributed by atoms with Gasteiger partial charge in [0.25, 0.3) is 5.91 Å². The van der Waals surface area contributed by atoms with E-state index in [1.54, 1.807) is 24.3 Å². The number of aliphatic hydroxyl groups is 1. The number of nitrogens with one attached hydrogen (secondary N) is 1. The van der Waals surface area contributed by atoms with Gasteiger partial charge in [-0.2, -0.15) is 0 Å². The van der Waals surface area contributed by atoms with Crippen LogP contribution in [-0.4, -0.2) is 61.8 Å². The molecule has 0 saturated carbocycles. The molecule has 3 aliphatic heterocycles. The summed E-state index contributed by atoms with van der Waals surface area (Å²) in [5, 5.41) is 23.3. The molecule has 2 saturated heterocycles. The molecule has 0 bridgehead atoms. The van der Waals surface area contributed by atoms with Crippen LogP contribution in [0.1, 0.15) is 53.0 Å². The summed E-state index contributed by atoms with van der Waals surface area (Å²) in [6.07, 6.45) is 1.51. The molecule has 1 atom stereocenters. The first kappa shape index (κ1) is 21.5. The average Bonchev–Trinajstić information content (AvgIpc) is 3.11. The van der Waals surface area contributed by atoms with Crippen molar-refractivity contribution < 1.29 is 24.6 Å². The van der Waals surface area contributed by atoms with Gasteiger partial charge in [-0.15, -0.1) is 0 Å². The molecule has 0 spiro atoms. The van der Waals surface area contributed by atoms with Crippen LogP contribution in [0.25, 0.3) is 0 Å². The van der Waals surface area contributed by atoms with Crippen LogP contribution in [0, 0.1) is 0 Å². The number of aromatic hydroxyl groups is 1. The number of likely N-dealkylation sites (tertiary alicyclic amines) is 1. The Bertz CT molecular complexity index is 1130. The van der Waals surface area contributed by atoms with Crippen LogP contribution in [0.3, 0.4) is 0 Å². The number of benzene rings is 1. The molecule has 0 aliphatic carbocycles. The van der Waals surface area contributed by atoms with Crippen molar-refractivity contribution in [3.63, 3.8) is 0 Å². The lowest BCUT2D eigenvalue weighted by molar-refractivity contribution is -0.136. The molecule has 3 amide bonds. The second-order valence-electron chi connectivity index (χ2n) is 9.07. The molecule has 2 aromatic rings. The van der Waals surface area contributed by atoms with Crippen molar-refractivity contribution in [2.24, 2.45) is 0 Å². The lowest BCUT2D eigenvalue weighted by atomic mass is 9.87. The Balaban J connectivity index is 1.27. The van der Waals surface area contributed by atoms with Gasteiger partial charge in [-0.05, 0) is 49.1 Å². The van der Waals surface area contributed by atoms with E-state index >= 15 is 0 Å². The lowest BCUT2D eigenvalue weighted by Gasteiger charge is -2.38. The van der Waals surface area contributed by atoms with Gasteiger partial charge in [-0.3, -0.25) is 29.6 Å². The quantitative estimate of drug-likeness (QED) is 0.595. The first-order valence-corrected chi connectivity index (χ1v) is 11.2. The summed E-state index contributed by atoms with van der Waals surface area (Å²) in [7, 11) is 0. The predicted octanol–water partition coefficient (Wildman–Crippen LogP) is 1.03. The highest BCUT2D eigenvalue weighted by atomic mass is 16.3. The van der Waals surface area contributed by atoms with Crippen molar-refractivity contribution >= 4 is 17.7 Å². The second-order valence-corrected chi connectivity index (χ2v) is 9.07. The Morgan fingerprint density at radius 1 is 1.12 bits per heavy atom. The standard InChI is InChI=1S/C24H26N4O5/c29-16-3-1-2-15(12-16)13-27-10-8-24(33,9-11-27)20-6-4-17-18(25-20)14-28(23(17)32)19-5-7-21(30)26-22(19)31/h1-4,6,12,19,29,33H,5,7-11,13-14H2,(H,26,30,31). The first-order valence-electron chi connectivity index (χ1n) is 11.2. The molecule has 0 radical (unpaired) electrons. The van der Waals surface area contributed by atoms with Crippen molar-refractivity contribution in [2.45, 2.75) is 50.4 Å². The Kier molecular flexibility index (Phi) is 5.38. The van der Waals surface area contributed by atoms with Crippen molar-refractivity contribution in [1.29, 1.82) is 0 Å². The average molecular weight is 450 g/mol. The minimum atomic E-state index is -1.09. The molecular weight excluding hydrogens is 424 g/mol. The summed E-state index contributed by atoms with van der Waals surface area (Å²) in [4.78, 5) is 44.9. The molecule has 3 N–H and O–H groups in total. The number of hydrogen-bond donors (Lipinski definition) is 3. The van der Waals surface area contributed by atoms with Crippen molar-refractivity contribution in [1.82, 2.24) is 20.1 Å². The molecule has 33 heavy (non-hydrogen) atoms. The van der Waals surface area contributed by atoms with E-state index < -0.39 is 17.6 Å². The number of rotatable bonds is 4. The number of hydrogen-bond acceptors (Lipinski definition) is 7. The maximum absolute atomic E-state index is 12.9. The molecule has 2 fully saturated rings. The lowest BCUT2D eigenvalue weighted by Crippen LogP contribution is -2.52. The minimum absolute atomic E-state index is 0.188. The molecule has 1 unspecified atom stereocenters. The zero-order valence-corrected chi connectivity index (χ0v) is 18.2. The number of carbonyl (C=O) groups is 3. The zero-order valence-electron chi connectivity index (χ0n) is 18.2. The van der Waals surface area contributed by atoms with Crippen LogP contribution in [0.5, 0.6) is 5.75 Å². The Morgan fingerprint density at radius 3 is 2.64 bits per heavy atom. The van der Waals surface area contributed by atoms with Gasteiger partial charge in [0.1, 0.15) is 17.4 Å². The highest BCUT2D eigenvalue weighted by Crippen LogP contribution is 2.35. The van der Waals surface area contributed by atoms with Crippen molar-refractivity contribution in [2.75, 3.05) is 13.1 Å². The molecule has 1 aromatic heterocycles. The van der Waals surface area contributed by atoms with E-state index in [9.17, 15) is 24.6 Å². The number of imide groups is 1. The van der Waals surface area contributed by atoms with Crippen LogP contribution in [0.4, 0.5) is 0 Å². The first-order chi connectivity index (χ1) is 15.8. The Labute approximate surface area is 191 Å². The number of nitrogens with zero attached hydrogens (tertiary/aromatic N) is 3. The molecule has 3 aliphatic rings. The van der Waals surface area contributed by atoms with Gasteiger partial charge in [0.15, 0.2) is 0 Å². The van der Waals surface area contributed by atoms with E-state index in [1.807, 2.05) is 12.1 Å². The molecule has 9 heteroatoms. The monoisotopic (exact) mass is 450 g/mol. The van der Waals surface area contributed by atoms with E-state index in [4.69, 9.17) is 0 Å².